The average molecular weight is 362 g/mol. The SMILES string of the molecule is CCCC[C@H](OS(C)(=O)=O)[C@@H](CCOS(C)(=O)=O)OCOC. The largest absolute Gasteiger partial charge is 0.359 e. The van der Waals surface area contributed by atoms with Crippen molar-refractivity contribution in [1.82, 2.24) is 0 Å². The summed E-state index contributed by atoms with van der Waals surface area (Å²) < 4.78 is 64.7. The Balaban J connectivity index is 4.85. The van der Waals surface area contributed by atoms with Crippen LogP contribution in [0.2, 0.25) is 0 Å². The van der Waals surface area contributed by atoms with Crippen LogP contribution in [0.3, 0.4) is 0 Å². The Hall–Kier alpha value is -0.260. The van der Waals surface area contributed by atoms with Gasteiger partial charge in [-0.3, -0.25) is 8.37 Å². The molecule has 0 saturated carbocycles. The third kappa shape index (κ3) is 12.3. The first-order chi connectivity index (χ1) is 10.1. The molecule has 0 spiro atoms. The van der Waals surface area contributed by atoms with Crippen LogP contribution in [0.4, 0.5) is 0 Å². The average Bonchev–Trinajstić information content (AvgIpc) is 2.36. The summed E-state index contributed by atoms with van der Waals surface area (Å²) >= 11 is 0. The normalized spacial score (nSPS) is 15.6. The molecule has 0 aromatic carbocycles. The summed E-state index contributed by atoms with van der Waals surface area (Å²) in [5.74, 6) is 0. The van der Waals surface area contributed by atoms with E-state index in [0.717, 1.165) is 25.4 Å². The van der Waals surface area contributed by atoms with Gasteiger partial charge in [0, 0.05) is 13.5 Å². The van der Waals surface area contributed by atoms with E-state index in [1.165, 1.54) is 7.11 Å². The molecule has 0 fully saturated rings. The van der Waals surface area contributed by atoms with E-state index in [-0.39, 0.29) is 19.8 Å². The van der Waals surface area contributed by atoms with Gasteiger partial charge >= 0.3 is 0 Å². The summed E-state index contributed by atoms with van der Waals surface area (Å²) in [6.45, 7) is 1.79. The van der Waals surface area contributed by atoms with Gasteiger partial charge in [-0.15, -0.1) is 0 Å². The van der Waals surface area contributed by atoms with Crippen molar-refractivity contribution in [2.24, 2.45) is 0 Å². The monoisotopic (exact) mass is 362 g/mol. The smallest absolute Gasteiger partial charge is 0.264 e. The van der Waals surface area contributed by atoms with Crippen molar-refractivity contribution in [2.45, 2.75) is 44.8 Å². The maximum Gasteiger partial charge on any atom is 0.264 e. The van der Waals surface area contributed by atoms with Gasteiger partial charge in [0.1, 0.15) is 12.9 Å². The lowest BCUT2D eigenvalue weighted by Crippen LogP contribution is -2.35. The summed E-state index contributed by atoms with van der Waals surface area (Å²) in [7, 11) is -5.79. The molecule has 2 atom stereocenters. The fourth-order valence-corrected chi connectivity index (χ4v) is 2.84. The minimum atomic E-state index is -3.66. The van der Waals surface area contributed by atoms with Crippen LogP contribution in [0, 0.1) is 0 Å². The zero-order valence-electron chi connectivity index (χ0n) is 13.5. The standard InChI is InChI=1S/C12H26O8S2/c1-5-6-7-12(20-22(4,15)16)11(18-10-17-2)8-9-19-21(3,13)14/h11-12H,5-10H2,1-4H3/t11-,12+/m1/s1. The number of methoxy groups -OCH3 is 1. The van der Waals surface area contributed by atoms with Crippen molar-refractivity contribution in [1.29, 1.82) is 0 Å². The molecule has 0 rings (SSSR count). The van der Waals surface area contributed by atoms with Crippen molar-refractivity contribution in [2.75, 3.05) is 33.0 Å². The van der Waals surface area contributed by atoms with Gasteiger partial charge in [-0.05, 0) is 6.42 Å². The fraction of sp³-hybridized carbons (Fsp3) is 1.00. The molecule has 0 aliphatic rings. The van der Waals surface area contributed by atoms with E-state index in [1.54, 1.807) is 0 Å². The first kappa shape index (κ1) is 21.7. The predicted octanol–water partition coefficient (Wildman–Crippen LogP) is 0.877. The van der Waals surface area contributed by atoms with Crippen LogP contribution in [0.15, 0.2) is 0 Å². The molecule has 134 valence electrons. The van der Waals surface area contributed by atoms with Crippen LogP contribution in [0.25, 0.3) is 0 Å². The van der Waals surface area contributed by atoms with E-state index < -0.39 is 32.4 Å². The van der Waals surface area contributed by atoms with Crippen molar-refractivity contribution in [3.8, 4) is 0 Å². The third-order valence-corrected chi connectivity index (χ3v) is 3.85. The lowest BCUT2D eigenvalue weighted by Gasteiger charge is -2.26. The Morgan fingerprint density at radius 3 is 2.05 bits per heavy atom. The van der Waals surface area contributed by atoms with Crippen LogP contribution in [0.5, 0.6) is 0 Å². The van der Waals surface area contributed by atoms with Gasteiger partial charge in [0.05, 0.1) is 25.2 Å². The molecule has 8 nitrogen and oxygen atoms in total. The number of rotatable bonds is 13. The summed E-state index contributed by atoms with van der Waals surface area (Å²) in [6, 6.07) is 0. The molecule has 0 aliphatic carbocycles. The van der Waals surface area contributed by atoms with Gasteiger partial charge in [0.15, 0.2) is 0 Å². The van der Waals surface area contributed by atoms with Crippen molar-refractivity contribution in [3.05, 3.63) is 0 Å². The second-order valence-electron chi connectivity index (χ2n) is 4.91. The third-order valence-electron chi connectivity index (χ3n) is 2.66. The Morgan fingerprint density at radius 1 is 0.955 bits per heavy atom. The van der Waals surface area contributed by atoms with E-state index in [9.17, 15) is 16.8 Å². The highest BCUT2D eigenvalue weighted by Crippen LogP contribution is 2.18. The molecule has 0 heterocycles. The second-order valence-corrected chi connectivity index (χ2v) is 8.15. The molecule has 22 heavy (non-hydrogen) atoms. The van der Waals surface area contributed by atoms with Crippen LogP contribution >= 0.6 is 0 Å². The van der Waals surface area contributed by atoms with Gasteiger partial charge < -0.3 is 9.47 Å². The van der Waals surface area contributed by atoms with E-state index in [4.69, 9.17) is 13.7 Å². The van der Waals surface area contributed by atoms with Crippen LogP contribution in [-0.2, 0) is 38.1 Å². The summed E-state index contributed by atoms with van der Waals surface area (Å²) in [5, 5.41) is 0. The quantitative estimate of drug-likeness (QED) is 0.351. The molecule has 0 N–H and O–H groups in total. The minimum Gasteiger partial charge on any atom is -0.359 e. The zero-order chi connectivity index (χ0) is 17.2. The molecule has 0 amide bonds. The maximum atomic E-state index is 11.4. The lowest BCUT2D eigenvalue weighted by molar-refractivity contribution is -0.111. The maximum absolute atomic E-state index is 11.4. The van der Waals surface area contributed by atoms with E-state index >= 15 is 0 Å². The molecule has 0 bridgehead atoms. The van der Waals surface area contributed by atoms with Crippen LogP contribution < -0.4 is 0 Å². The van der Waals surface area contributed by atoms with Gasteiger partial charge in [0.25, 0.3) is 20.2 Å². The number of hydrogen-bond acceptors (Lipinski definition) is 8. The highest BCUT2D eigenvalue weighted by molar-refractivity contribution is 7.86. The number of hydrogen-bond donors (Lipinski definition) is 0. The molecule has 0 unspecified atom stereocenters. The first-order valence-electron chi connectivity index (χ1n) is 6.92. The summed E-state index contributed by atoms with van der Waals surface area (Å²) in [4.78, 5) is 0. The van der Waals surface area contributed by atoms with Gasteiger partial charge in [-0.1, -0.05) is 19.8 Å². The highest BCUT2D eigenvalue weighted by atomic mass is 32.2. The molecule has 0 aromatic rings. The Kier molecular flexibility index (Phi) is 10.4. The number of ether oxygens (including phenoxy) is 2. The van der Waals surface area contributed by atoms with Crippen LogP contribution in [-0.4, -0.2) is 62.1 Å². The molecule has 0 saturated heterocycles. The van der Waals surface area contributed by atoms with E-state index in [0.29, 0.717) is 6.42 Å². The predicted molar refractivity (Wildman–Crippen MR) is 81.4 cm³/mol. The first-order valence-corrected chi connectivity index (χ1v) is 10.6. The second kappa shape index (κ2) is 10.5. The molecular weight excluding hydrogens is 336 g/mol. The van der Waals surface area contributed by atoms with Gasteiger partial charge in [-0.2, -0.15) is 16.8 Å². The highest BCUT2D eigenvalue weighted by Gasteiger charge is 2.27. The zero-order valence-corrected chi connectivity index (χ0v) is 15.1. The van der Waals surface area contributed by atoms with Crippen molar-refractivity contribution >= 4 is 20.2 Å². The van der Waals surface area contributed by atoms with E-state index in [2.05, 4.69) is 4.18 Å². The van der Waals surface area contributed by atoms with Crippen LogP contribution in [0.1, 0.15) is 32.6 Å². The van der Waals surface area contributed by atoms with Crippen molar-refractivity contribution in [3.63, 3.8) is 0 Å². The molecule has 0 aromatic heterocycles. The Bertz CT molecular complexity index is 485. The lowest BCUT2D eigenvalue weighted by atomic mass is 10.1. The fourth-order valence-electron chi connectivity index (χ4n) is 1.77. The molecule has 0 aliphatic heterocycles. The Labute approximate surface area is 133 Å². The van der Waals surface area contributed by atoms with Gasteiger partial charge in [0.2, 0.25) is 0 Å². The van der Waals surface area contributed by atoms with E-state index in [1.807, 2.05) is 6.92 Å². The molecule has 0 radical (unpaired) electrons. The topological polar surface area (TPSA) is 105 Å². The summed E-state index contributed by atoms with van der Waals surface area (Å²) in [5.41, 5.74) is 0. The summed E-state index contributed by atoms with van der Waals surface area (Å²) in [6.07, 6.45) is 2.79. The van der Waals surface area contributed by atoms with Crippen molar-refractivity contribution < 1.29 is 34.7 Å². The Morgan fingerprint density at radius 2 is 1.59 bits per heavy atom. The molecular formula is C12H26O8S2. The van der Waals surface area contributed by atoms with Gasteiger partial charge in [-0.25, -0.2) is 0 Å². The molecule has 10 heteroatoms. The minimum absolute atomic E-state index is 0.0563. The number of unbranched alkanes of at least 4 members (excludes halogenated alkanes) is 1.